The van der Waals surface area contributed by atoms with Gasteiger partial charge in [-0.2, -0.15) is 0 Å². The van der Waals surface area contributed by atoms with Gasteiger partial charge in [0.25, 0.3) is 0 Å². The van der Waals surface area contributed by atoms with Gasteiger partial charge < -0.3 is 28.4 Å². The highest BCUT2D eigenvalue weighted by molar-refractivity contribution is 5.90. The van der Waals surface area contributed by atoms with Crippen LogP contribution in [0, 0.1) is 0 Å². The Labute approximate surface area is 243 Å². The average Bonchev–Trinajstić information content (AvgIpc) is 3.56. The molecule has 0 saturated carbocycles. The number of benzene rings is 2. The lowest BCUT2D eigenvalue weighted by atomic mass is 10.1. The van der Waals surface area contributed by atoms with Gasteiger partial charge in [-0.25, -0.2) is 9.59 Å². The zero-order valence-electron chi connectivity index (χ0n) is 24.5. The molecule has 0 N–H and O–H groups in total. The summed E-state index contributed by atoms with van der Waals surface area (Å²) in [7, 11) is 0. The third kappa shape index (κ3) is 8.94. The molecular weight excluding hydrogens is 524 g/mol. The first kappa shape index (κ1) is 30.8. The van der Waals surface area contributed by atoms with Crippen molar-refractivity contribution in [2.75, 3.05) is 19.8 Å². The maximum absolute atomic E-state index is 12.8. The van der Waals surface area contributed by atoms with Crippen molar-refractivity contribution in [3.63, 3.8) is 0 Å². The van der Waals surface area contributed by atoms with Gasteiger partial charge in [-0.15, -0.1) is 0 Å². The Morgan fingerprint density at radius 2 is 1.24 bits per heavy atom. The number of hydrogen-bond acceptors (Lipinski definition) is 8. The molecule has 2 saturated heterocycles. The van der Waals surface area contributed by atoms with Gasteiger partial charge in [0.05, 0.1) is 37.1 Å². The quantitative estimate of drug-likeness (QED) is 0.167. The molecule has 0 aliphatic carbocycles. The molecule has 2 aromatic carbocycles. The van der Waals surface area contributed by atoms with Crippen LogP contribution in [-0.4, -0.2) is 62.3 Å². The zero-order chi connectivity index (χ0) is 29.0. The highest BCUT2D eigenvalue weighted by atomic mass is 16.7. The van der Waals surface area contributed by atoms with Crippen LogP contribution in [0.4, 0.5) is 0 Å². The van der Waals surface area contributed by atoms with Crippen LogP contribution in [-0.2, 0) is 18.9 Å². The van der Waals surface area contributed by atoms with Crippen LogP contribution >= 0.6 is 0 Å². The molecule has 5 atom stereocenters. The van der Waals surface area contributed by atoms with Crippen molar-refractivity contribution in [1.29, 1.82) is 0 Å². The van der Waals surface area contributed by atoms with E-state index in [1.807, 2.05) is 0 Å². The number of esters is 2. The molecule has 2 aromatic rings. The van der Waals surface area contributed by atoms with Crippen LogP contribution in [0.3, 0.4) is 0 Å². The Hall–Kier alpha value is -3.10. The standard InChI is InChI=1S/C33H44O8/c1-4-6-8-10-20-36-26-16-12-24(13-17-26)32(34)40-28-21-37-31-29(22-38-30(28)31)41-33(35)25-14-18-27(19-15-25)39-23(3)11-9-7-5-2/h12-19,23,28-31H,4-11,20-22H2,1-3H3/t23?,28-,29+,30+,31+/m0/s1. The largest absolute Gasteiger partial charge is 0.494 e. The molecule has 2 heterocycles. The van der Waals surface area contributed by atoms with Crippen molar-refractivity contribution in [3.05, 3.63) is 59.7 Å². The van der Waals surface area contributed by atoms with Crippen LogP contribution in [0.1, 0.15) is 92.9 Å². The second-order valence-corrected chi connectivity index (χ2v) is 10.9. The minimum absolute atomic E-state index is 0.118. The summed E-state index contributed by atoms with van der Waals surface area (Å²) in [6.45, 7) is 7.43. The molecule has 8 nitrogen and oxygen atoms in total. The van der Waals surface area contributed by atoms with E-state index < -0.39 is 36.4 Å². The number of carbonyl (C=O) groups excluding carboxylic acids is 2. The number of hydrogen-bond donors (Lipinski definition) is 0. The van der Waals surface area contributed by atoms with Gasteiger partial charge >= 0.3 is 11.9 Å². The van der Waals surface area contributed by atoms with Crippen LogP contribution in [0.5, 0.6) is 11.5 Å². The maximum atomic E-state index is 12.8. The van der Waals surface area contributed by atoms with Crippen LogP contribution in [0.25, 0.3) is 0 Å². The molecule has 0 spiro atoms. The molecule has 0 radical (unpaired) electrons. The fourth-order valence-electron chi connectivity index (χ4n) is 5.09. The van der Waals surface area contributed by atoms with Gasteiger partial charge in [0, 0.05) is 0 Å². The lowest BCUT2D eigenvalue weighted by Crippen LogP contribution is -2.36. The first-order chi connectivity index (χ1) is 20.0. The number of ether oxygens (including phenoxy) is 6. The van der Waals surface area contributed by atoms with Gasteiger partial charge in [0.1, 0.15) is 23.7 Å². The van der Waals surface area contributed by atoms with Gasteiger partial charge in [0.15, 0.2) is 12.2 Å². The summed E-state index contributed by atoms with van der Waals surface area (Å²) in [6, 6.07) is 13.9. The summed E-state index contributed by atoms with van der Waals surface area (Å²) in [6.07, 6.45) is 7.02. The number of unbranched alkanes of at least 4 members (excludes halogenated alkanes) is 5. The Balaban J connectivity index is 1.21. The second-order valence-electron chi connectivity index (χ2n) is 10.9. The molecule has 8 heteroatoms. The molecule has 1 unspecified atom stereocenters. The minimum Gasteiger partial charge on any atom is -0.494 e. The fraction of sp³-hybridized carbons (Fsp3) is 0.576. The summed E-state index contributed by atoms with van der Waals surface area (Å²) < 4.78 is 34.8. The van der Waals surface area contributed by atoms with Crippen molar-refractivity contribution in [3.8, 4) is 11.5 Å². The molecule has 224 valence electrons. The van der Waals surface area contributed by atoms with E-state index in [2.05, 4.69) is 20.8 Å². The first-order valence-electron chi connectivity index (χ1n) is 15.1. The van der Waals surface area contributed by atoms with Crippen LogP contribution in [0.2, 0.25) is 0 Å². The van der Waals surface area contributed by atoms with E-state index in [4.69, 9.17) is 28.4 Å². The van der Waals surface area contributed by atoms with E-state index in [9.17, 15) is 9.59 Å². The summed E-state index contributed by atoms with van der Waals surface area (Å²) in [5, 5.41) is 0. The number of carbonyl (C=O) groups is 2. The summed E-state index contributed by atoms with van der Waals surface area (Å²) >= 11 is 0. The highest BCUT2D eigenvalue weighted by Gasteiger charge is 2.51. The van der Waals surface area contributed by atoms with Gasteiger partial charge in [0.2, 0.25) is 0 Å². The third-order valence-electron chi connectivity index (χ3n) is 7.48. The first-order valence-corrected chi connectivity index (χ1v) is 15.1. The predicted octanol–water partition coefficient (Wildman–Crippen LogP) is 6.54. The molecule has 0 aromatic heterocycles. The lowest BCUT2D eigenvalue weighted by molar-refractivity contribution is -0.0287. The van der Waals surface area contributed by atoms with Gasteiger partial charge in [-0.05, 0) is 74.7 Å². The van der Waals surface area contributed by atoms with E-state index in [0.717, 1.165) is 37.2 Å². The topological polar surface area (TPSA) is 89.5 Å². The molecule has 0 bridgehead atoms. The Kier molecular flexibility index (Phi) is 11.9. The van der Waals surface area contributed by atoms with Crippen molar-refractivity contribution in [1.82, 2.24) is 0 Å². The average molecular weight is 569 g/mol. The second kappa shape index (κ2) is 15.8. The zero-order valence-corrected chi connectivity index (χ0v) is 24.5. The van der Waals surface area contributed by atoms with Crippen molar-refractivity contribution >= 4 is 11.9 Å². The molecule has 41 heavy (non-hydrogen) atoms. The Bertz CT molecular complexity index is 1080. The van der Waals surface area contributed by atoms with E-state index in [0.29, 0.717) is 17.7 Å². The highest BCUT2D eigenvalue weighted by Crippen LogP contribution is 2.32. The van der Waals surface area contributed by atoms with Crippen molar-refractivity contribution in [2.45, 2.75) is 103 Å². The summed E-state index contributed by atoms with van der Waals surface area (Å²) in [5.74, 6) is 0.534. The minimum atomic E-state index is -0.584. The Morgan fingerprint density at radius 1 is 0.732 bits per heavy atom. The van der Waals surface area contributed by atoms with E-state index >= 15 is 0 Å². The van der Waals surface area contributed by atoms with Crippen molar-refractivity contribution < 1.29 is 38.0 Å². The summed E-state index contributed by atoms with van der Waals surface area (Å²) in [4.78, 5) is 25.6. The fourth-order valence-corrected chi connectivity index (χ4v) is 5.09. The third-order valence-corrected chi connectivity index (χ3v) is 7.48. The number of rotatable bonds is 16. The normalized spacial score (nSPS) is 22.1. The van der Waals surface area contributed by atoms with Crippen LogP contribution < -0.4 is 9.47 Å². The van der Waals surface area contributed by atoms with Crippen LogP contribution in [0.15, 0.2) is 48.5 Å². The molecule has 0 amide bonds. The molecular formula is C33H44O8. The molecule has 2 aliphatic rings. The SMILES string of the molecule is CCCCCCOc1ccc(C(=O)O[C@H]2CO[C@H]3[C@@H]2OC[C@H]3OC(=O)c2ccc(OC(C)CCCCC)cc2)cc1. The van der Waals surface area contributed by atoms with Gasteiger partial charge in [-0.3, -0.25) is 0 Å². The van der Waals surface area contributed by atoms with Gasteiger partial charge in [-0.1, -0.05) is 46.0 Å². The monoisotopic (exact) mass is 568 g/mol. The maximum Gasteiger partial charge on any atom is 0.338 e. The molecule has 2 fully saturated rings. The van der Waals surface area contributed by atoms with E-state index in [-0.39, 0.29) is 19.3 Å². The smallest absolute Gasteiger partial charge is 0.338 e. The molecule has 2 aliphatic heterocycles. The van der Waals surface area contributed by atoms with Crippen molar-refractivity contribution in [2.24, 2.45) is 0 Å². The van der Waals surface area contributed by atoms with E-state index in [1.165, 1.54) is 25.7 Å². The lowest BCUT2D eigenvalue weighted by Gasteiger charge is -2.18. The van der Waals surface area contributed by atoms with E-state index in [1.54, 1.807) is 48.5 Å². The molecule has 4 rings (SSSR count). The number of fused-ring (bicyclic) bond motifs is 1. The summed E-state index contributed by atoms with van der Waals surface area (Å²) in [5.41, 5.74) is 0.851. The predicted molar refractivity (Wildman–Crippen MR) is 155 cm³/mol. The Morgan fingerprint density at radius 3 is 1.78 bits per heavy atom.